The fourth-order valence-corrected chi connectivity index (χ4v) is 3.21. The maximum absolute atomic E-state index is 12.8. The highest BCUT2D eigenvalue weighted by Crippen LogP contribution is 2.23. The number of carbonyl (C=O) groups is 2. The first-order valence-corrected chi connectivity index (χ1v) is 8.04. The topological polar surface area (TPSA) is 94.1 Å². The van der Waals surface area contributed by atoms with Crippen LogP contribution in [0.5, 0.6) is 0 Å². The highest BCUT2D eigenvalue weighted by Gasteiger charge is 2.27. The molecular weight excluding hydrogens is 306 g/mol. The molecule has 2 aromatic rings. The fraction of sp³-hybridized carbons (Fsp3) is 0.412. The molecule has 1 fully saturated rings. The quantitative estimate of drug-likeness (QED) is 0.923. The highest BCUT2D eigenvalue weighted by molar-refractivity contribution is 5.99. The second kappa shape index (κ2) is 6.43. The van der Waals surface area contributed by atoms with Crippen molar-refractivity contribution in [2.45, 2.75) is 32.7 Å². The van der Waals surface area contributed by atoms with Crippen LogP contribution in [0.2, 0.25) is 0 Å². The number of amides is 2. The van der Waals surface area contributed by atoms with E-state index in [2.05, 4.69) is 10.1 Å². The van der Waals surface area contributed by atoms with E-state index in [0.717, 1.165) is 24.5 Å². The summed E-state index contributed by atoms with van der Waals surface area (Å²) in [6.07, 6.45) is 1.87. The second-order valence-electron chi connectivity index (χ2n) is 6.14. The first-order chi connectivity index (χ1) is 11.5. The first-order valence-electron chi connectivity index (χ1n) is 8.04. The van der Waals surface area contributed by atoms with Crippen molar-refractivity contribution in [3.63, 3.8) is 0 Å². The molecule has 1 aliphatic heterocycles. The molecule has 24 heavy (non-hydrogen) atoms. The van der Waals surface area contributed by atoms with E-state index in [0.29, 0.717) is 24.2 Å². The fourth-order valence-electron chi connectivity index (χ4n) is 3.21. The van der Waals surface area contributed by atoms with E-state index in [-0.39, 0.29) is 11.9 Å². The summed E-state index contributed by atoms with van der Waals surface area (Å²) in [6.45, 7) is 5.08. The minimum absolute atomic E-state index is 0.0858. The van der Waals surface area contributed by atoms with Crippen molar-refractivity contribution in [1.29, 1.82) is 0 Å². The van der Waals surface area contributed by atoms with Crippen LogP contribution in [0.1, 0.15) is 51.2 Å². The Kier molecular flexibility index (Phi) is 4.33. The lowest BCUT2D eigenvalue weighted by Gasteiger charge is -2.33. The van der Waals surface area contributed by atoms with Crippen LogP contribution in [-0.2, 0) is 0 Å². The molecule has 7 heteroatoms. The third kappa shape index (κ3) is 3.15. The lowest BCUT2D eigenvalue weighted by atomic mass is 10.0. The van der Waals surface area contributed by atoms with Crippen molar-refractivity contribution in [2.24, 2.45) is 5.73 Å². The minimum atomic E-state index is -0.533. The van der Waals surface area contributed by atoms with E-state index in [1.807, 2.05) is 23.4 Å². The molecule has 7 nitrogen and oxygen atoms in total. The predicted octanol–water partition coefficient (Wildman–Crippen LogP) is 1.47. The van der Waals surface area contributed by atoms with Gasteiger partial charge in [-0.1, -0.05) is 6.07 Å². The molecule has 2 heterocycles. The number of rotatable bonds is 3. The Bertz CT molecular complexity index is 783. The molecule has 0 saturated carbocycles. The second-order valence-corrected chi connectivity index (χ2v) is 6.14. The number of carbonyl (C=O) groups excluding carboxylic acids is 2. The molecular formula is C17H21N5O2. The van der Waals surface area contributed by atoms with Crippen molar-refractivity contribution >= 4 is 11.8 Å². The highest BCUT2D eigenvalue weighted by atomic mass is 16.2. The van der Waals surface area contributed by atoms with Crippen LogP contribution in [0, 0.1) is 13.8 Å². The summed E-state index contributed by atoms with van der Waals surface area (Å²) in [4.78, 5) is 30.2. The SMILES string of the molecule is Cc1nc(C)n(C2CCCN(C(=O)c3cccc(C(N)=O)c3)C2)n1. The molecule has 0 radical (unpaired) electrons. The third-order valence-electron chi connectivity index (χ3n) is 4.33. The average molecular weight is 327 g/mol. The summed E-state index contributed by atoms with van der Waals surface area (Å²) >= 11 is 0. The standard InChI is InChI=1S/C17H21N5O2/c1-11-19-12(2)22(20-11)15-7-4-8-21(10-15)17(24)14-6-3-5-13(9-14)16(18)23/h3,5-6,9,15H,4,7-8,10H2,1-2H3,(H2,18,23). The van der Waals surface area contributed by atoms with Crippen molar-refractivity contribution in [3.8, 4) is 0 Å². The van der Waals surface area contributed by atoms with Gasteiger partial charge >= 0.3 is 0 Å². The zero-order valence-corrected chi connectivity index (χ0v) is 13.9. The molecule has 2 N–H and O–H groups in total. The van der Waals surface area contributed by atoms with Crippen molar-refractivity contribution in [1.82, 2.24) is 19.7 Å². The third-order valence-corrected chi connectivity index (χ3v) is 4.33. The monoisotopic (exact) mass is 327 g/mol. The summed E-state index contributed by atoms with van der Waals surface area (Å²) in [5.41, 5.74) is 6.13. The molecule has 1 saturated heterocycles. The lowest BCUT2D eigenvalue weighted by molar-refractivity contribution is 0.0671. The lowest BCUT2D eigenvalue weighted by Crippen LogP contribution is -2.41. The van der Waals surface area contributed by atoms with E-state index >= 15 is 0 Å². The van der Waals surface area contributed by atoms with E-state index in [4.69, 9.17) is 5.73 Å². The molecule has 2 amide bonds. The summed E-state index contributed by atoms with van der Waals surface area (Å²) in [7, 11) is 0. The smallest absolute Gasteiger partial charge is 0.253 e. The van der Waals surface area contributed by atoms with Gasteiger partial charge in [-0.15, -0.1) is 0 Å². The molecule has 126 valence electrons. The first kappa shape index (κ1) is 16.2. The molecule has 1 aromatic carbocycles. The minimum Gasteiger partial charge on any atom is -0.366 e. The molecule has 0 aliphatic carbocycles. The van der Waals surface area contributed by atoms with Gasteiger partial charge in [0.05, 0.1) is 6.04 Å². The Balaban J connectivity index is 1.79. The Hall–Kier alpha value is -2.70. The number of nitrogens with two attached hydrogens (primary N) is 1. The van der Waals surface area contributed by atoms with Crippen LogP contribution in [0.3, 0.4) is 0 Å². The van der Waals surface area contributed by atoms with Gasteiger partial charge in [-0.25, -0.2) is 9.67 Å². The average Bonchev–Trinajstić information content (AvgIpc) is 2.93. The number of primary amides is 1. The van der Waals surface area contributed by atoms with Gasteiger partial charge in [0.25, 0.3) is 5.91 Å². The van der Waals surface area contributed by atoms with E-state index < -0.39 is 5.91 Å². The number of aryl methyl sites for hydroxylation is 2. The largest absolute Gasteiger partial charge is 0.366 e. The van der Waals surface area contributed by atoms with Gasteiger partial charge in [0.1, 0.15) is 11.6 Å². The Labute approximate surface area is 140 Å². The summed E-state index contributed by atoms with van der Waals surface area (Å²) in [6, 6.07) is 6.69. The van der Waals surface area contributed by atoms with Gasteiger partial charge in [-0.3, -0.25) is 9.59 Å². The van der Waals surface area contributed by atoms with E-state index in [1.54, 1.807) is 24.3 Å². The van der Waals surface area contributed by atoms with Gasteiger partial charge in [0.15, 0.2) is 0 Å². The zero-order valence-electron chi connectivity index (χ0n) is 13.9. The maximum atomic E-state index is 12.8. The molecule has 3 rings (SSSR count). The number of aromatic nitrogens is 3. The Morgan fingerprint density at radius 3 is 2.67 bits per heavy atom. The molecule has 1 aromatic heterocycles. The molecule has 0 bridgehead atoms. The van der Waals surface area contributed by atoms with Crippen LogP contribution in [0.4, 0.5) is 0 Å². The summed E-state index contributed by atoms with van der Waals surface area (Å²) in [5, 5.41) is 4.44. The van der Waals surface area contributed by atoms with Crippen LogP contribution in [0.25, 0.3) is 0 Å². The molecule has 0 spiro atoms. The Morgan fingerprint density at radius 2 is 2.00 bits per heavy atom. The van der Waals surface area contributed by atoms with Gasteiger partial charge in [0.2, 0.25) is 5.91 Å². The van der Waals surface area contributed by atoms with Gasteiger partial charge in [0, 0.05) is 24.2 Å². The molecule has 1 aliphatic rings. The summed E-state index contributed by atoms with van der Waals surface area (Å²) in [5.74, 6) is 0.986. The van der Waals surface area contributed by atoms with Crippen LogP contribution in [0.15, 0.2) is 24.3 Å². The number of hydrogen-bond donors (Lipinski definition) is 1. The normalized spacial score (nSPS) is 17.8. The van der Waals surface area contributed by atoms with E-state index in [1.165, 1.54) is 0 Å². The van der Waals surface area contributed by atoms with Crippen molar-refractivity contribution < 1.29 is 9.59 Å². The number of benzene rings is 1. The van der Waals surface area contributed by atoms with Gasteiger partial charge < -0.3 is 10.6 Å². The summed E-state index contributed by atoms with van der Waals surface area (Å²) < 4.78 is 1.91. The maximum Gasteiger partial charge on any atom is 0.253 e. The molecule has 1 unspecified atom stereocenters. The Morgan fingerprint density at radius 1 is 1.25 bits per heavy atom. The van der Waals surface area contributed by atoms with Gasteiger partial charge in [-0.05, 0) is 44.9 Å². The van der Waals surface area contributed by atoms with Crippen LogP contribution < -0.4 is 5.73 Å². The van der Waals surface area contributed by atoms with Crippen LogP contribution >= 0.6 is 0 Å². The van der Waals surface area contributed by atoms with Crippen molar-refractivity contribution in [3.05, 3.63) is 47.0 Å². The zero-order chi connectivity index (χ0) is 17.3. The van der Waals surface area contributed by atoms with Crippen LogP contribution in [-0.4, -0.2) is 44.6 Å². The molecule has 1 atom stereocenters. The number of nitrogens with zero attached hydrogens (tertiary/aromatic N) is 4. The number of piperidine rings is 1. The predicted molar refractivity (Wildman–Crippen MR) is 88.6 cm³/mol. The van der Waals surface area contributed by atoms with Crippen molar-refractivity contribution in [2.75, 3.05) is 13.1 Å². The van der Waals surface area contributed by atoms with E-state index in [9.17, 15) is 9.59 Å². The number of hydrogen-bond acceptors (Lipinski definition) is 4. The van der Waals surface area contributed by atoms with Gasteiger partial charge in [-0.2, -0.15) is 5.10 Å². The number of likely N-dealkylation sites (tertiary alicyclic amines) is 1.